The van der Waals surface area contributed by atoms with Crippen LogP contribution in [0.1, 0.15) is 49.9 Å². The van der Waals surface area contributed by atoms with Crippen molar-refractivity contribution in [3.8, 4) is 50.2 Å². The first kappa shape index (κ1) is 38.8. The van der Waals surface area contributed by atoms with E-state index in [9.17, 15) is 0 Å². The zero-order valence-electron chi connectivity index (χ0n) is 39.2. The molecule has 15 rings (SSSR count). The van der Waals surface area contributed by atoms with E-state index >= 15 is 0 Å². The molecule has 2 aliphatic carbocycles. The maximum atomic E-state index is 2.53. The first-order chi connectivity index (χ1) is 33.8. The monoisotopic (exact) mass is 877 g/mol. The lowest BCUT2D eigenvalue weighted by molar-refractivity contribution is 0.661. The molecule has 1 heterocycles. The van der Waals surface area contributed by atoms with Gasteiger partial charge >= 0.3 is 0 Å². The molecule has 0 amide bonds. The zero-order chi connectivity index (χ0) is 45.9. The van der Waals surface area contributed by atoms with Crippen LogP contribution in [-0.4, -0.2) is 4.57 Å². The van der Waals surface area contributed by atoms with E-state index in [-0.39, 0.29) is 10.8 Å². The summed E-state index contributed by atoms with van der Waals surface area (Å²) in [7, 11) is 0. The molecule has 0 atom stereocenters. The standard InChI is InChI=1S/C68H47N/c1-67(2)60-37-41(30-32-48(60)57-38-55-45-22-10-8-20-43(45)44-21-9-11-23-46(44)56(55)39-61(57)67)64-51-27-14-12-25-49(51)63(50-26-13-15-28-52(50)64)40-31-35-62-58(36-40)54-34-33-53-47-24-16-17-29-59(47)68(3,4)65(53)66(54)69(62)42-18-6-5-7-19-42/h5-39H,1-4H3. The third-order valence-electron chi connectivity index (χ3n) is 16.5. The van der Waals surface area contributed by atoms with Crippen LogP contribution in [0.15, 0.2) is 212 Å². The van der Waals surface area contributed by atoms with Gasteiger partial charge in [0.05, 0.1) is 11.0 Å². The highest BCUT2D eigenvalue weighted by Crippen LogP contribution is 2.56. The van der Waals surface area contributed by atoms with Gasteiger partial charge in [-0.1, -0.05) is 198 Å². The fourth-order valence-electron chi connectivity index (χ4n) is 13.4. The number of nitrogens with zero attached hydrogens (tertiary/aromatic N) is 1. The van der Waals surface area contributed by atoms with Crippen LogP contribution >= 0.6 is 0 Å². The fourth-order valence-corrected chi connectivity index (χ4v) is 13.4. The van der Waals surface area contributed by atoms with Crippen molar-refractivity contribution in [3.05, 3.63) is 235 Å². The summed E-state index contributed by atoms with van der Waals surface area (Å²) in [4.78, 5) is 0. The fraction of sp³-hybridized carbons (Fsp3) is 0.0882. The summed E-state index contributed by atoms with van der Waals surface area (Å²) in [6, 6.07) is 80.4. The van der Waals surface area contributed by atoms with E-state index in [4.69, 9.17) is 0 Å². The molecule has 13 aromatic rings. The molecule has 0 radical (unpaired) electrons. The number of rotatable bonds is 3. The van der Waals surface area contributed by atoms with Crippen LogP contribution in [0.4, 0.5) is 0 Å². The molecule has 0 saturated heterocycles. The molecule has 1 aromatic heterocycles. The van der Waals surface area contributed by atoms with Gasteiger partial charge < -0.3 is 4.57 Å². The number of hydrogen-bond donors (Lipinski definition) is 0. The van der Waals surface area contributed by atoms with Crippen LogP contribution in [0.5, 0.6) is 0 Å². The molecule has 0 saturated carbocycles. The van der Waals surface area contributed by atoms with E-state index in [1.165, 1.54) is 148 Å². The minimum Gasteiger partial charge on any atom is -0.309 e. The maximum absolute atomic E-state index is 2.53. The average Bonchev–Trinajstić information content (AvgIpc) is 3.93. The highest BCUT2D eigenvalue weighted by atomic mass is 15.0. The van der Waals surface area contributed by atoms with Crippen molar-refractivity contribution in [3.63, 3.8) is 0 Å². The van der Waals surface area contributed by atoms with Crippen molar-refractivity contribution in [2.75, 3.05) is 0 Å². The van der Waals surface area contributed by atoms with Crippen LogP contribution in [0, 0.1) is 0 Å². The van der Waals surface area contributed by atoms with Gasteiger partial charge in [-0.2, -0.15) is 0 Å². The maximum Gasteiger partial charge on any atom is 0.0588 e. The summed E-state index contributed by atoms with van der Waals surface area (Å²) in [5.41, 5.74) is 19.4. The molecule has 2 aliphatic rings. The summed E-state index contributed by atoms with van der Waals surface area (Å²) >= 11 is 0. The summed E-state index contributed by atoms with van der Waals surface area (Å²) in [6.45, 7) is 9.66. The van der Waals surface area contributed by atoms with Gasteiger partial charge in [0.2, 0.25) is 0 Å². The Morgan fingerprint density at radius 2 is 0.768 bits per heavy atom. The quantitative estimate of drug-likeness (QED) is 0.123. The first-order valence-corrected chi connectivity index (χ1v) is 24.5. The third kappa shape index (κ3) is 5.09. The number of benzene rings is 12. The molecule has 0 N–H and O–H groups in total. The van der Waals surface area contributed by atoms with Crippen LogP contribution in [0.3, 0.4) is 0 Å². The smallest absolute Gasteiger partial charge is 0.0588 e. The normalized spacial score (nSPS) is 14.3. The van der Waals surface area contributed by atoms with Gasteiger partial charge in [-0.05, 0) is 163 Å². The second kappa shape index (κ2) is 13.7. The van der Waals surface area contributed by atoms with Crippen LogP contribution in [-0.2, 0) is 10.8 Å². The summed E-state index contributed by atoms with van der Waals surface area (Å²) < 4.78 is 2.53. The topological polar surface area (TPSA) is 4.93 Å². The molecule has 1 nitrogen and oxygen atoms in total. The van der Waals surface area contributed by atoms with Gasteiger partial charge in [-0.15, -0.1) is 0 Å². The molecule has 0 fully saturated rings. The summed E-state index contributed by atoms with van der Waals surface area (Å²) in [5, 5.41) is 15.5. The molecular formula is C68H47N. The van der Waals surface area contributed by atoms with E-state index in [0.29, 0.717) is 0 Å². The summed E-state index contributed by atoms with van der Waals surface area (Å²) in [6.07, 6.45) is 0. The SMILES string of the molecule is CC1(C)c2cc(-c3c4ccccc4c(-c4ccc5c(c4)c4ccc6c(c4n5-c4ccccc4)C(C)(C)c4ccccc4-6)c4ccccc34)ccc2-c2cc3c4ccccc4c4ccccc4c3cc21. The van der Waals surface area contributed by atoms with E-state index in [0.717, 1.165) is 0 Å². The number of fused-ring (bicyclic) bond motifs is 18. The second-order valence-electron chi connectivity index (χ2n) is 20.7. The number of para-hydroxylation sites is 1. The molecule has 0 bridgehead atoms. The zero-order valence-corrected chi connectivity index (χ0v) is 39.2. The Bertz CT molecular complexity index is 4350. The molecule has 12 aromatic carbocycles. The highest BCUT2D eigenvalue weighted by Gasteiger charge is 2.39. The Morgan fingerprint density at radius 1 is 0.290 bits per heavy atom. The molecular weight excluding hydrogens is 831 g/mol. The Balaban J connectivity index is 0.945. The first-order valence-electron chi connectivity index (χ1n) is 24.5. The molecule has 0 aliphatic heterocycles. The molecule has 1 heteroatoms. The van der Waals surface area contributed by atoms with Crippen molar-refractivity contribution in [2.24, 2.45) is 0 Å². The molecule has 0 spiro atoms. The Morgan fingerprint density at radius 3 is 1.41 bits per heavy atom. The minimum absolute atomic E-state index is 0.162. The lowest BCUT2D eigenvalue weighted by Crippen LogP contribution is -2.16. The number of hydrogen-bond acceptors (Lipinski definition) is 0. The van der Waals surface area contributed by atoms with Crippen molar-refractivity contribution >= 4 is 75.7 Å². The minimum atomic E-state index is -0.195. The van der Waals surface area contributed by atoms with Gasteiger partial charge in [-0.25, -0.2) is 0 Å². The van der Waals surface area contributed by atoms with Crippen LogP contribution in [0.2, 0.25) is 0 Å². The Kier molecular flexibility index (Phi) is 7.70. The van der Waals surface area contributed by atoms with Crippen molar-refractivity contribution in [1.29, 1.82) is 0 Å². The number of aromatic nitrogens is 1. The van der Waals surface area contributed by atoms with Gasteiger partial charge in [0.15, 0.2) is 0 Å². The van der Waals surface area contributed by atoms with Crippen LogP contribution in [0.25, 0.3) is 126 Å². The largest absolute Gasteiger partial charge is 0.309 e. The van der Waals surface area contributed by atoms with Gasteiger partial charge in [0, 0.05) is 27.3 Å². The highest BCUT2D eigenvalue weighted by molar-refractivity contribution is 6.27. The lowest BCUT2D eigenvalue weighted by Gasteiger charge is -2.23. The van der Waals surface area contributed by atoms with Crippen LogP contribution < -0.4 is 0 Å². The summed E-state index contributed by atoms with van der Waals surface area (Å²) in [5.74, 6) is 0. The lowest BCUT2D eigenvalue weighted by atomic mass is 9.79. The van der Waals surface area contributed by atoms with Crippen molar-refractivity contribution in [1.82, 2.24) is 4.57 Å². The van der Waals surface area contributed by atoms with Gasteiger partial charge in [0.1, 0.15) is 0 Å². The Labute approximate surface area is 401 Å². The van der Waals surface area contributed by atoms with E-state index in [1.54, 1.807) is 0 Å². The van der Waals surface area contributed by atoms with E-state index in [1.807, 2.05) is 0 Å². The molecule has 0 unspecified atom stereocenters. The predicted molar refractivity (Wildman–Crippen MR) is 294 cm³/mol. The van der Waals surface area contributed by atoms with Crippen molar-refractivity contribution < 1.29 is 0 Å². The second-order valence-corrected chi connectivity index (χ2v) is 20.7. The van der Waals surface area contributed by atoms with E-state index in [2.05, 4.69) is 245 Å². The van der Waals surface area contributed by atoms with Gasteiger partial charge in [0.25, 0.3) is 0 Å². The molecule has 324 valence electrons. The predicted octanol–water partition coefficient (Wildman–Crippen LogP) is 18.5. The van der Waals surface area contributed by atoms with Crippen molar-refractivity contribution in [2.45, 2.75) is 38.5 Å². The van der Waals surface area contributed by atoms with E-state index < -0.39 is 0 Å². The third-order valence-corrected chi connectivity index (χ3v) is 16.5. The Hall–Kier alpha value is -8.26. The van der Waals surface area contributed by atoms with Gasteiger partial charge in [-0.3, -0.25) is 0 Å². The average molecular weight is 878 g/mol. The molecule has 69 heavy (non-hydrogen) atoms.